The Morgan fingerprint density at radius 1 is 1.08 bits per heavy atom. The molecule has 2 aromatic carbocycles. The third-order valence-corrected chi connectivity index (χ3v) is 6.45. The van der Waals surface area contributed by atoms with Crippen molar-refractivity contribution in [2.45, 2.75) is 31.5 Å². The average Bonchev–Trinajstić information content (AvgIpc) is 3.65. The number of nitrogens with one attached hydrogen (secondary N) is 2. The molecule has 0 atom stereocenters. The van der Waals surface area contributed by atoms with Crippen molar-refractivity contribution in [1.82, 2.24) is 19.7 Å². The first kappa shape index (κ1) is 25.5. The zero-order valence-electron chi connectivity index (χ0n) is 21.2. The van der Waals surface area contributed by atoms with E-state index in [1.165, 1.54) is 12.1 Å². The second-order valence-corrected chi connectivity index (χ2v) is 9.84. The third-order valence-electron chi connectivity index (χ3n) is 6.45. The lowest BCUT2D eigenvalue weighted by molar-refractivity contribution is -0.138. The fourth-order valence-electron chi connectivity index (χ4n) is 4.54. The Hall–Kier alpha value is -4.12. The molecule has 1 aliphatic carbocycles. The molecule has 2 aromatic heterocycles. The van der Waals surface area contributed by atoms with Crippen LogP contribution < -0.4 is 16.4 Å². The Kier molecular flexibility index (Phi) is 6.47. The van der Waals surface area contributed by atoms with Crippen molar-refractivity contribution in [2.24, 2.45) is 7.05 Å². The normalized spacial score (nSPS) is 13.8. The number of fused-ring (bicyclic) bond motifs is 1. The number of anilines is 3. The van der Waals surface area contributed by atoms with E-state index in [9.17, 15) is 18.0 Å². The summed E-state index contributed by atoms with van der Waals surface area (Å²) in [6, 6.07) is 12.3. The number of nitrogens with two attached hydrogens (primary N) is 1. The number of pyridine rings is 1. The first-order chi connectivity index (χ1) is 18.0. The molecule has 5 rings (SSSR count). The van der Waals surface area contributed by atoms with E-state index in [-0.39, 0.29) is 17.8 Å². The maximum atomic E-state index is 13.6. The molecule has 0 spiro atoms. The number of halogens is 3. The van der Waals surface area contributed by atoms with Crippen molar-refractivity contribution in [3.05, 3.63) is 65.4 Å². The Morgan fingerprint density at radius 3 is 2.37 bits per heavy atom. The Bertz CT molecular complexity index is 1510. The van der Waals surface area contributed by atoms with Crippen LogP contribution in [0, 0.1) is 0 Å². The van der Waals surface area contributed by atoms with E-state index in [1.807, 2.05) is 25.2 Å². The highest BCUT2D eigenvalue weighted by molar-refractivity contribution is 6.02. The first-order valence-electron chi connectivity index (χ1n) is 12.2. The highest BCUT2D eigenvalue weighted by Crippen LogP contribution is 2.42. The molecule has 4 N–H and O–H groups in total. The van der Waals surface area contributed by atoms with Crippen molar-refractivity contribution in [1.29, 1.82) is 0 Å². The van der Waals surface area contributed by atoms with Gasteiger partial charge in [0.1, 0.15) is 0 Å². The van der Waals surface area contributed by atoms with E-state index >= 15 is 0 Å². The quantitative estimate of drug-likeness (QED) is 0.296. The summed E-state index contributed by atoms with van der Waals surface area (Å²) in [5.41, 5.74) is 9.60. The van der Waals surface area contributed by atoms with Gasteiger partial charge in [-0.25, -0.2) is 14.5 Å². The second-order valence-electron chi connectivity index (χ2n) is 9.84. The molecule has 4 aromatic rings. The molecule has 0 radical (unpaired) electrons. The lowest BCUT2D eigenvalue weighted by Gasteiger charge is -2.18. The Balaban J connectivity index is 1.35. The monoisotopic (exact) mass is 523 g/mol. The minimum atomic E-state index is -4.54. The van der Waals surface area contributed by atoms with Crippen LogP contribution >= 0.6 is 0 Å². The van der Waals surface area contributed by atoms with Crippen molar-refractivity contribution in [3.8, 4) is 11.1 Å². The predicted octanol–water partition coefficient (Wildman–Crippen LogP) is 5.82. The van der Waals surface area contributed by atoms with Crippen LogP contribution in [0.15, 0.2) is 48.5 Å². The minimum absolute atomic E-state index is 0.0489. The number of rotatable bonds is 6. The number of hydrogen-bond acceptors (Lipinski definition) is 5. The number of carbonyl (C=O) groups is 1. The SMILES string of the molecule is CN(C)Cc1ccc(NC(=O)Nc2ccc(-c3cc(C4CC4)nc4c3c(N)nn4C)cc2)cc1C(F)(F)F. The number of urea groups is 1. The van der Waals surface area contributed by atoms with E-state index in [2.05, 4.69) is 15.7 Å². The Morgan fingerprint density at radius 2 is 1.74 bits per heavy atom. The number of nitrogen functional groups attached to an aromatic ring is 1. The zero-order chi connectivity index (χ0) is 27.2. The number of hydrogen-bond donors (Lipinski definition) is 3. The van der Waals surface area contributed by atoms with Gasteiger partial charge in [0.2, 0.25) is 0 Å². The van der Waals surface area contributed by atoms with Gasteiger partial charge in [0.15, 0.2) is 11.5 Å². The van der Waals surface area contributed by atoms with Crippen molar-refractivity contribution >= 4 is 34.3 Å². The van der Waals surface area contributed by atoms with Gasteiger partial charge in [-0.2, -0.15) is 18.3 Å². The van der Waals surface area contributed by atoms with Gasteiger partial charge in [0.05, 0.1) is 10.9 Å². The van der Waals surface area contributed by atoms with Crippen molar-refractivity contribution in [3.63, 3.8) is 0 Å². The summed E-state index contributed by atoms with van der Waals surface area (Å²) in [6.07, 6.45) is -2.33. The molecule has 0 bridgehead atoms. The van der Waals surface area contributed by atoms with Gasteiger partial charge in [-0.05, 0) is 74.0 Å². The summed E-state index contributed by atoms with van der Waals surface area (Å²) >= 11 is 0. The molecule has 0 unspecified atom stereocenters. The van der Waals surface area contributed by atoms with Crippen LogP contribution in [0.1, 0.15) is 35.6 Å². The standard InChI is InChI=1S/C27H28F3N7O/c1-36(2)14-17-8-11-19(12-21(17)27(28,29)30)33-26(38)32-18-9-6-15(7-10-18)20-13-22(16-4-5-16)34-25-23(20)24(31)35-37(25)3/h6-13,16H,4-5,14H2,1-3H3,(H2,31,35)(H2,32,33,38). The summed E-state index contributed by atoms with van der Waals surface area (Å²) in [6.45, 7) is 0.129. The van der Waals surface area contributed by atoms with Crippen LogP contribution in [0.5, 0.6) is 0 Å². The lowest BCUT2D eigenvalue weighted by Crippen LogP contribution is -2.21. The molecular formula is C27H28F3N7O. The van der Waals surface area contributed by atoms with Gasteiger partial charge in [0.25, 0.3) is 0 Å². The molecule has 2 heterocycles. The Labute approximate surface area is 217 Å². The molecule has 8 nitrogen and oxygen atoms in total. The molecule has 0 aliphatic heterocycles. The maximum absolute atomic E-state index is 13.6. The molecule has 1 saturated carbocycles. The van der Waals surface area contributed by atoms with Crippen molar-refractivity contribution in [2.75, 3.05) is 30.5 Å². The van der Waals surface area contributed by atoms with Crippen LogP contribution in [0.3, 0.4) is 0 Å². The van der Waals surface area contributed by atoms with Crippen molar-refractivity contribution < 1.29 is 18.0 Å². The summed E-state index contributed by atoms with van der Waals surface area (Å²) in [4.78, 5) is 19.0. The van der Waals surface area contributed by atoms with Gasteiger partial charge >= 0.3 is 12.2 Å². The fraction of sp³-hybridized carbons (Fsp3) is 0.296. The van der Waals surface area contributed by atoms with Crippen LogP contribution in [-0.2, 0) is 19.8 Å². The molecule has 0 saturated heterocycles. The second kappa shape index (κ2) is 9.64. The minimum Gasteiger partial charge on any atom is -0.382 e. The highest BCUT2D eigenvalue weighted by Gasteiger charge is 2.34. The van der Waals surface area contributed by atoms with Crippen LogP contribution in [-0.4, -0.2) is 39.8 Å². The summed E-state index contributed by atoms with van der Waals surface area (Å²) in [7, 11) is 5.20. The molecule has 1 fully saturated rings. The van der Waals surface area contributed by atoms with Crippen LogP contribution in [0.4, 0.5) is 35.2 Å². The van der Waals surface area contributed by atoms with E-state index in [0.29, 0.717) is 17.4 Å². The summed E-state index contributed by atoms with van der Waals surface area (Å²) < 4.78 is 42.4. The number of nitrogens with zero attached hydrogens (tertiary/aromatic N) is 4. The fourth-order valence-corrected chi connectivity index (χ4v) is 4.54. The molecular weight excluding hydrogens is 495 g/mol. The summed E-state index contributed by atoms with van der Waals surface area (Å²) in [5, 5.41) is 10.3. The predicted molar refractivity (Wildman–Crippen MR) is 142 cm³/mol. The first-order valence-corrected chi connectivity index (χ1v) is 12.2. The number of amides is 2. The number of benzene rings is 2. The molecule has 11 heteroatoms. The lowest BCUT2D eigenvalue weighted by atomic mass is 10.0. The topological polar surface area (TPSA) is 101 Å². The molecule has 2 amide bonds. The van der Waals surface area contributed by atoms with Gasteiger partial charge in [-0.1, -0.05) is 18.2 Å². The number of carbonyl (C=O) groups excluding carboxylic acids is 1. The third kappa shape index (κ3) is 5.28. The summed E-state index contributed by atoms with van der Waals surface area (Å²) in [5.74, 6) is 0.831. The van der Waals surface area contributed by atoms with Crippen LogP contribution in [0.25, 0.3) is 22.2 Å². The average molecular weight is 524 g/mol. The highest BCUT2D eigenvalue weighted by atomic mass is 19.4. The zero-order valence-corrected chi connectivity index (χ0v) is 21.2. The van der Waals surface area contributed by atoms with E-state index in [4.69, 9.17) is 10.7 Å². The van der Waals surface area contributed by atoms with Gasteiger partial charge in [-0.15, -0.1) is 0 Å². The molecule has 38 heavy (non-hydrogen) atoms. The largest absolute Gasteiger partial charge is 0.416 e. The molecule has 1 aliphatic rings. The maximum Gasteiger partial charge on any atom is 0.416 e. The smallest absolute Gasteiger partial charge is 0.382 e. The van der Waals surface area contributed by atoms with E-state index in [1.54, 1.807) is 35.8 Å². The number of alkyl halides is 3. The van der Waals surface area contributed by atoms with Crippen LogP contribution in [0.2, 0.25) is 0 Å². The number of aromatic nitrogens is 3. The van der Waals surface area contributed by atoms with E-state index < -0.39 is 17.8 Å². The van der Waals surface area contributed by atoms with Gasteiger partial charge in [0, 0.05) is 36.6 Å². The van der Waals surface area contributed by atoms with E-state index in [0.717, 1.165) is 46.8 Å². The van der Waals surface area contributed by atoms with Gasteiger partial charge < -0.3 is 21.3 Å². The molecule has 198 valence electrons. The number of aryl methyl sites for hydroxylation is 1. The van der Waals surface area contributed by atoms with Gasteiger partial charge in [-0.3, -0.25) is 0 Å².